The van der Waals surface area contributed by atoms with Gasteiger partial charge in [-0.1, -0.05) is 19.1 Å². The van der Waals surface area contributed by atoms with Crippen LogP contribution in [-0.4, -0.2) is 9.97 Å². The van der Waals surface area contributed by atoms with Crippen LogP contribution in [0.5, 0.6) is 0 Å². The Hall–Kier alpha value is -1.90. The fourth-order valence-electron chi connectivity index (χ4n) is 1.72. The fourth-order valence-corrected chi connectivity index (χ4v) is 1.72. The SMILES string of the molecule is CCc1ncc2oc3ccccc3c2n1. The van der Waals surface area contributed by atoms with Crippen molar-refractivity contribution in [3.8, 4) is 0 Å². The smallest absolute Gasteiger partial charge is 0.172 e. The van der Waals surface area contributed by atoms with Gasteiger partial charge in [-0.15, -0.1) is 0 Å². The number of para-hydroxylation sites is 1. The molecular weight excluding hydrogens is 188 g/mol. The van der Waals surface area contributed by atoms with E-state index in [0.717, 1.165) is 34.3 Å². The summed E-state index contributed by atoms with van der Waals surface area (Å²) in [6.45, 7) is 2.05. The van der Waals surface area contributed by atoms with E-state index in [1.54, 1.807) is 6.20 Å². The number of hydrogen-bond acceptors (Lipinski definition) is 3. The molecule has 0 bridgehead atoms. The lowest BCUT2D eigenvalue weighted by Crippen LogP contribution is -1.90. The highest BCUT2D eigenvalue weighted by Gasteiger charge is 2.07. The van der Waals surface area contributed by atoms with E-state index in [0.29, 0.717) is 0 Å². The first-order valence-electron chi connectivity index (χ1n) is 5.01. The molecule has 0 aliphatic rings. The molecule has 0 fully saturated rings. The summed E-state index contributed by atoms with van der Waals surface area (Å²) in [5.74, 6) is 0.856. The lowest BCUT2D eigenvalue weighted by molar-refractivity contribution is 0.664. The van der Waals surface area contributed by atoms with Crippen LogP contribution in [0.2, 0.25) is 0 Å². The van der Waals surface area contributed by atoms with Gasteiger partial charge in [-0.3, -0.25) is 0 Å². The largest absolute Gasteiger partial charge is 0.453 e. The van der Waals surface area contributed by atoms with Crippen molar-refractivity contribution in [3.05, 3.63) is 36.3 Å². The van der Waals surface area contributed by atoms with E-state index in [2.05, 4.69) is 9.97 Å². The minimum Gasteiger partial charge on any atom is -0.453 e. The van der Waals surface area contributed by atoms with Crippen molar-refractivity contribution >= 4 is 22.1 Å². The molecule has 2 aromatic heterocycles. The lowest BCUT2D eigenvalue weighted by Gasteiger charge is -1.93. The molecule has 0 spiro atoms. The average molecular weight is 198 g/mol. The molecule has 3 heteroatoms. The van der Waals surface area contributed by atoms with Crippen molar-refractivity contribution in [2.45, 2.75) is 13.3 Å². The molecule has 0 N–H and O–H groups in total. The van der Waals surface area contributed by atoms with Crippen molar-refractivity contribution in [1.82, 2.24) is 9.97 Å². The van der Waals surface area contributed by atoms with Crippen molar-refractivity contribution in [3.63, 3.8) is 0 Å². The van der Waals surface area contributed by atoms with E-state index in [4.69, 9.17) is 4.42 Å². The molecule has 0 saturated heterocycles. The predicted molar refractivity (Wildman–Crippen MR) is 58.7 cm³/mol. The summed E-state index contributed by atoms with van der Waals surface area (Å²) >= 11 is 0. The molecule has 3 rings (SSSR count). The number of nitrogens with zero attached hydrogens (tertiary/aromatic N) is 2. The summed E-state index contributed by atoms with van der Waals surface area (Å²) < 4.78 is 5.63. The Morgan fingerprint density at radius 1 is 1.20 bits per heavy atom. The highest BCUT2D eigenvalue weighted by Crippen LogP contribution is 2.25. The van der Waals surface area contributed by atoms with Gasteiger partial charge in [0.25, 0.3) is 0 Å². The van der Waals surface area contributed by atoms with Crippen LogP contribution in [0.4, 0.5) is 0 Å². The minimum atomic E-state index is 0.758. The Kier molecular flexibility index (Phi) is 1.71. The molecule has 15 heavy (non-hydrogen) atoms. The van der Waals surface area contributed by atoms with E-state index < -0.39 is 0 Å². The van der Waals surface area contributed by atoms with Crippen molar-refractivity contribution in [1.29, 1.82) is 0 Å². The van der Waals surface area contributed by atoms with Gasteiger partial charge in [-0.25, -0.2) is 9.97 Å². The highest BCUT2D eigenvalue weighted by atomic mass is 16.3. The normalized spacial score (nSPS) is 11.3. The Morgan fingerprint density at radius 3 is 2.93 bits per heavy atom. The van der Waals surface area contributed by atoms with Crippen LogP contribution in [0.1, 0.15) is 12.7 Å². The lowest BCUT2D eigenvalue weighted by atomic mass is 10.2. The van der Waals surface area contributed by atoms with E-state index in [9.17, 15) is 0 Å². The monoisotopic (exact) mass is 198 g/mol. The fraction of sp³-hybridized carbons (Fsp3) is 0.167. The second kappa shape index (κ2) is 3.05. The third-order valence-electron chi connectivity index (χ3n) is 2.48. The van der Waals surface area contributed by atoms with Crippen LogP contribution in [-0.2, 0) is 6.42 Å². The molecule has 0 aliphatic carbocycles. The summed E-state index contributed by atoms with van der Waals surface area (Å²) in [5.41, 5.74) is 2.54. The Labute approximate surface area is 86.8 Å². The third kappa shape index (κ3) is 1.20. The number of aryl methyl sites for hydroxylation is 1. The van der Waals surface area contributed by atoms with E-state index in [1.807, 2.05) is 31.2 Å². The predicted octanol–water partition coefficient (Wildman–Crippen LogP) is 2.94. The molecular formula is C12H10N2O. The third-order valence-corrected chi connectivity index (χ3v) is 2.48. The van der Waals surface area contributed by atoms with Gasteiger partial charge in [0.2, 0.25) is 0 Å². The van der Waals surface area contributed by atoms with Crippen molar-refractivity contribution in [2.24, 2.45) is 0 Å². The van der Waals surface area contributed by atoms with Crippen LogP contribution in [0, 0.1) is 0 Å². The maximum Gasteiger partial charge on any atom is 0.172 e. The zero-order chi connectivity index (χ0) is 10.3. The summed E-state index contributed by atoms with van der Waals surface area (Å²) in [5, 5.41) is 1.06. The standard InChI is InChI=1S/C12H10N2O/c1-2-11-13-7-10-12(14-11)8-5-3-4-6-9(8)15-10/h3-7H,2H2,1H3. The first kappa shape index (κ1) is 8.41. The van der Waals surface area contributed by atoms with Gasteiger partial charge in [0.1, 0.15) is 16.9 Å². The Morgan fingerprint density at radius 2 is 2.07 bits per heavy atom. The maximum absolute atomic E-state index is 5.63. The zero-order valence-corrected chi connectivity index (χ0v) is 8.40. The summed E-state index contributed by atoms with van der Waals surface area (Å²) in [7, 11) is 0. The molecule has 1 aromatic carbocycles. The van der Waals surface area contributed by atoms with Crippen LogP contribution in [0.25, 0.3) is 22.1 Å². The van der Waals surface area contributed by atoms with E-state index in [1.165, 1.54) is 0 Å². The molecule has 3 aromatic rings. The molecule has 0 saturated carbocycles. The van der Waals surface area contributed by atoms with Gasteiger partial charge in [0, 0.05) is 11.8 Å². The summed E-state index contributed by atoms with van der Waals surface area (Å²) in [6, 6.07) is 7.92. The van der Waals surface area contributed by atoms with Crippen molar-refractivity contribution in [2.75, 3.05) is 0 Å². The summed E-state index contributed by atoms with van der Waals surface area (Å²) in [6.07, 6.45) is 2.59. The van der Waals surface area contributed by atoms with Crippen LogP contribution >= 0.6 is 0 Å². The first-order chi connectivity index (χ1) is 7.38. The Bertz CT molecular complexity index is 628. The molecule has 0 atom stereocenters. The van der Waals surface area contributed by atoms with Gasteiger partial charge >= 0.3 is 0 Å². The van der Waals surface area contributed by atoms with Gasteiger partial charge in [0.05, 0.1) is 6.20 Å². The van der Waals surface area contributed by atoms with Crippen LogP contribution < -0.4 is 0 Å². The summed E-state index contributed by atoms with van der Waals surface area (Å²) in [4.78, 5) is 8.69. The topological polar surface area (TPSA) is 38.9 Å². The second-order valence-corrected chi connectivity index (χ2v) is 3.45. The van der Waals surface area contributed by atoms with Gasteiger partial charge in [-0.05, 0) is 12.1 Å². The minimum absolute atomic E-state index is 0.758. The number of furan rings is 1. The zero-order valence-electron chi connectivity index (χ0n) is 8.40. The molecule has 3 nitrogen and oxygen atoms in total. The van der Waals surface area contributed by atoms with Crippen molar-refractivity contribution < 1.29 is 4.42 Å². The number of rotatable bonds is 1. The molecule has 0 radical (unpaired) electrons. The van der Waals surface area contributed by atoms with Crippen LogP contribution in [0.15, 0.2) is 34.9 Å². The molecule has 74 valence electrons. The van der Waals surface area contributed by atoms with Gasteiger partial charge < -0.3 is 4.42 Å². The molecule has 2 heterocycles. The second-order valence-electron chi connectivity index (χ2n) is 3.45. The van der Waals surface area contributed by atoms with E-state index in [-0.39, 0.29) is 0 Å². The molecule has 0 aliphatic heterocycles. The number of benzene rings is 1. The number of aromatic nitrogens is 2. The Balaban J connectivity index is 2.46. The van der Waals surface area contributed by atoms with E-state index >= 15 is 0 Å². The van der Waals surface area contributed by atoms with Gasteiger partial charge in [-0.2, -0.15) is 0 Å². The maximum atomic E-state index is 5.63. The average Bonchev–Trinajstić information content (AvgIpc) is 2.66. The molecule has 0 unspecified atom stereocenters. The van der Waals surface area contributed by atoms with Crippen LogP contribution in [0.3, 0.4) is 0 Å². The number of hydrogen-bond donors (Lipinski definition) is 0. The first-order valence-corrected chi connectivity index (χ1v) is 5.01. The number of fused-ring (bicyclic) bond motifs is 3. The van der Waals surface area contributed by atoms with Gasteiger partial charge in [0.15, 0.2) is 5.58 Å². The quantitative estimate of drug-likeness (QED) is 0.603. The molecule has 0 amide bonds. The highest BCUT2D eigenvalue weighted by molar-refractivity contribution is 6.01.